The Labute approximate surface area is 197 Å². The third-order valence-corrected chi connectivity index (χ3v) is 5.51. The van der Waals surface area contributed by atoms with Gasteiger partial charge in [-0.25, -0.2) is 9.36 Å². The highest BCUT2D eigenvalue weighted by atomic mass is 16.5. The molecule has 7 nitrogen and oxygen atoms in total. The molecule has 5 aromatic rings. The minimum absolute atomic E-state index is 0.213. The van der Waals surface area contributed by atoms with Crippen LogP contribution in [0.5, 0.6) is 5.75 Å². The van der Waals surface area contributed by atoms with Gasteiger partial charge in [-0.05, 0) is 42.0 Å². The van der Waals surface area contributed by atoms with E-state index in [2.05, 4.69) is 10.4 Å². The minimum atomic E-state index is -0.213. The fourth-order valence-electron chi connectivity index (χ4n) is 3.80. The van der Waals surface area contributed by atoms with Crippen molar-refractivity contribution in [2.75, 3.05) is 7.11 Å². The van der Waals surface area contributed by atoms with Gasteiger partial charge in [-0.1, -0.05) is 48.5 Å². The topological polar surface area (TPSA) is 74.0 Å². The first-order valence-electron chi connectivity index (χ1n) is 10.9. The average molecular weight is 450 g/mol. The Kier molecular flexibility index (Phi) is 5.90. The van der Waals surface area contributed by atoms with Crippen molar-refractivity contribution in [3.63, 3.8) is 0 Å². The van der Waals surface area contributed by atoms with E-state index in [1.165, 1.54) is 0 Å². The van der Waals surface area contributed by atoms with E-state index in [0.29, 0.717) is 23.6 Å². The first-order valence-corrected chi connectivity index (χ1v) is 10.9. The lowest BCUT2D eigenvalue weighted by atomic mass is 10.1. The normalized spacial score (nSPS) is 10.7. The molecule has 0 aliphatic rings. The van der Waals surface area contributed by atoms with Gasteiger partial charge in [0.2, 0.25) is 0 Å². The van der Waals surface area contributed by atoms with Crippen molar-refractivity contribution < 1.29 is 9.53 Å². The summed E-state index contributed by atoms with van der Waals surface area (Å²) in [6.45, 7) is 0.350. The van der Waals surface area contributed by atoms with Gasteiger partial charge in [-0.15, -0.1) is 0 Å². The number of benzene rings is 3. The van der Waals surface area contributed by atoms with Crippen molar-refractivity contribution in [1.29, 1.82) is 0 Å². The SMILES string of the molecule is COc1cccc(-c2nn(-c3ccccc3)cc2C(=O)NCc2ccccc2-n2cccn2)c1. The number of ether oxygens (including phenoxy) is 1. The summed E-state index contributed by atoms with van der Waals surface area (Å²) in [5.41, 5.74) is 4.61. The molecule has 0 unspecified atom stereocenters. The number of carbonyl (C=O) groups is 1. The highest BCUT2D eigenvalue weighted by Gasteiger charge is 2.19. The Morgan fingerprint density at radius 3 is 2.56 bits per heavy atom. The first-order chi connectivity index (χ1) is 16.7. The third kappa shape index (κ3) is 4.31. The van der Waals surface area contributed by atoms with E-state index < -0.39 is 0 Å². The third-order valence-electron chi connectivity index (χ3n) is 5.51. The second-order valence-corrected chi connectivity index (χ2v) is 7.67. The number of aromatic nitrogens is 4. The Bertz CT molecular complexity index is 1410. The summed E-state index contributed by atoms with van der Waals surface area (Å²) in [4.78, 5) is 13.4. The second kappa shape index (κ2) is 9.46. The number of methoxy groups -OCH3 is 1. The number of hydrogen-bond donors (Lipinski definition) is 1. The number of nitrogens with zero attached hydrogens (tertiary/aromatic N) is 4. The Morgan fingerprint density at radius 1 is 0.941 bits per heavy atom. The molecule has 168 valence electrons. The zero-order chi connectivity index (χ0) is 23.3. The fraction of sp³-hybridized carbons (Fsp3) is 0.0741. The summed E-state index contributed by atoms with van der Waals surface area (Å²) < 4.78 is 8.89. The molecule has 2 aromatic heterocycles. The fourth-order valence-corrected chi connectivity index (χ4v) is 3.80. The van der Waals surface area contributed by atoms with Crippen LogP contribution in [0, 0.1) is 0 Å². The van der Waals surface area contributed by atoms with Crippen molar-refractivity contribution in [3.05, 3.63) is 115 Å². The standard InChI is InChI=1S/C27H23N5O2/c1-34-23-13-7-10-20(17-23)26-24(19-32(30-26)22-11-3-2-4-12-22)27(33)28-18-21-9-5-6-14-25(21)31-16-8-15-29-31/h2-17,19H,18H2,1H3,(H,28,33). The molecule has 1 N–H and O–H groups in total. The van der Waals surface area contributed by atoms with Gasteiger partial charge in [0.05, 0.1) is 24.0 Å². The lowest BCUT2D eigenvalue weighted by Gasteiger charge is -2.11. The number of hydrogen-bond acceptors (Lipinski definition) is 4. The first kappa shape index (κ1) is 21.2. The summed E-state index contributed by atoms with van der Waals surface area (Å²) >= 11 is 0. The van der Waals surface area contributed by atoms with Crippen LogP contribution in [0.25, 0.3) is 22.6 Å². The smallest absolute Gasteiger partial charge is 0.255 e. The van der Waals surface area contributed by atoms with E-state index in [9.17, 15) is 4.79 Å². The van der Waals surface area contributed by atoms with Gasteiger partial charge in [-0.3, -0.25) is 4.79 Å². The van der Waals surface area contributed by atoms with Gasteiger partial charge in [0.1, 0.15) is 11.4 Å². The molecule has 0 bridgehead atoms. The predicted molar refractivity (Wildman–Crippen MR) is 130 cm³/mol. The van der Waals surface area contributed by atoms with Gasteiger partial charge in [-0.2, -0.15) is 10.2 Å². The molecule has 3 aromatic carbocycles. The van der Waals surface area contributed by atoms with Crippen LogP contribution in [-0.4, -0.2) is 32.6 Å². The molecule has 0 aliphatic heterocycles. The highest BCUT2D eigenvalue weighted by Crippen LogP contribution is 2.27. The molecule has 5 rings (SSSR count). The summed E-state index contributed by atoms with van der Waals surface area (Å²) in [5.74, 6) is 0.488. The maximum absolute atomic E-state index is 13.4. The van der Waals surface area contributed by atoms with Crippen LogP contribution in [0.2, 0.25) is 0 Å². The molecule has 0 atom stereocenters. The maximum atomic E-state index is 13.4. The molecule has 0 saturated heterocycles. The van der Waals surface area contributed by atoms with E-state index in [0.717, 1.165) is 22.5 Å². The van der Waals surface area contributed by atoms with E-state index in [1.807, 2.05) is 91.1 Å². The number of para-hydroxylation sites is 2. The average Bonchev–Trinajstić information content (AvgIpc) is 3.59. The Balaban J connectivity index is 1.48. The number of rotatable bonds is 7. The van der Waals surface area contributed by atoms with Crippen LogP contribution in [0.15, 0.2) is 104 Å². The van der Waals surface area contributed by atoms with Crippen LogP contribution in [0.3, 0.4) is 0 Å². The van der Waals surface area contributed by atoms with Crippen LogP contribution < -0.4 is 10.1 Å². The van der Waals surface area contributed by atoms with Crippen LogP contribution in [0.1, 0.15) is 15.9 Å². The van der Waals surface area contributed by atoms with E-state index in [4.69, 9.17) is 9.84 Å². The van der Waals surface area contributed by atoms with Gasteiger partial charge in [0.15, 0.2) is 0 Å². The summed E-state index contributed by atoms with van der Waals surface area (Å²) in [6.07, 6.45) is 5.37. The molecule has 2 heterocycles. The lowest BCUT2D eigenvalue weighted by Crippen LogP contribution is -2.23. The van der Waals surface area contributed by atoms with Gasteiger partial charge < -0.3 is 10.1 Å². The van der Waals surface area contributed by atoms with E-state index >= 15 is 0 Å². The predicted octanol–water partition coefficient (Wildman–Crippen LogP) is 4.66. The second-order valence-electron chi connectivity index (χ2n) is 7.67. The quantitative estimate of drug-likeness (QED) is 0.392. The largest absolute Gasteiger partial charge is 0.497 e. The van der Waals surface area contributed by atoms with Crippen LogP contribution >= 0.6 is 0 Å². The zero-order valence-corrected chi connectivity index (χ0v) is 18.6. The molecule has 0 spiro atoms. The molecular formula is C27H23N5O2. The molecule has 0 saturated carbocycles. The van der Waals surface area contributed by atoms with Gasteiger partial charge in [0, 0.05) is 30.7 Å². The molecule has 34 heavy (non-hydrogen) atoms. The molecule has 7 heteroatoms. The molecule has 0 aliphatic carbocycles. The molecule has 0 radical (unpaired) electrons. The van der Waals surface area contributed by atoms with Crippen LogP contribution in [0.4, 0.5) is 0 Å². The monoisotopic (exact) mass is 449 g/mol. The van der Waals surface area contributed by atoms with E-state index in [1.54, 1.807) is 28.9 Å². The Morgan fingerprint density at radius 2 is 1.76 bits per heavy atom. The van der Waals surface area contributed by atoms with Crippen molar-refractivity contribution in [2.45, 2.75) is 6.54 Å². The van der Waals surface area contributed by atoms with Gasteiger partial charge >= 0.3 is 0 Å². The highest BCUT2D eigenvalue weighted by molar-refractivity contribution is 6.00. The Hall–Kier alpha value is -4.65. The summed E-state index contributed by atoms with van der Waals surface area (Å²) in [6, 6.07) is 27.0. The zero-order valence-electron chi connectivity index (χ0n) is 18.6. The van der Waals surface area contributed by atoms with Crippen LogP contribution in [-0.2, 0) is 6.54 Å². The summed E-state index contributed by atoms with van der Waals surface area (Å²) in [7, 11) is 1.62. The summed E-state index contributed by atoms with van der Waals surface area (Å²) in [5, 5.41) is 12.1. The molecule has 1 amide bonds. The number of amides is 1. The minimum Gasteiger partial charge on any atom is -0.497 e. The molecule has 0 fully saturated rings. The number of carbonyl (C=O) groups excluding carboxylic acids is 1. The van der Waals surface area contributed by atoms with Crippen molar-refractivity contribution >= 4 is 5.91 Å². The van der Waals surface area contributed by atoms with Gasteiger partial charge in [0.25, 0.3) is 5.91 Å². The van der Waals surface area contributed by atoms with Crippen molar-refractivity contribution in [1.82, 2.24) is 24.9 Å². The van der Waals surface area contributed by atoms with E-state index in [-0.39, 0.29) is 5.91 Å². The number of nitrogens with one attached hydrogen (secondary N) is 1. The lowest BCUT2D eigenvalue weighted by molar-refractivity contribution is 0.0951. The maximum Gasteiger partial charge on any atom is 0.255 e. The molecular weight excluding hydrogens is 426 g/mol. The van der Waals surface area contributed by atoms with Crippen molar-refractivity contribution in [2.24, 2.45) is 0 Å². The van der Waals surface area contributed by atoms with Crippen molar-refractivity contribution in [3.8, 4) is 28.4 Å².